The number of halogens is 1. The van der Waals surface area contributed by atoms with Gasteiger partial charge in [-0.1, -0.05) is 49.7 Å². The minimum Gasteiger partial charge on any atom is -0.507 e. The molecule has 4 bridgehead atoms. The van der Waals surface area contributed by atoms with Crippen LogP contribution in [0.1, 0.15) is 47.8 Å². The van der Waals surface area contributed by atoms with Gasteiger partial charge in [-0.05, 0) is 72.4 Å². The van der Waals surface area contributed by atoms with Gasteiger partial charge in [-0.2, -0.15) is 0 Å². The summed E-state index contributed by atoms with van der Waals surface area (Å²) in [6.07, 6.45) is 0.805. The van der Waals surface area contributed by atoms with Crippen LogP contribution < -0.4 is 20.7 Å². The lowest BCUT2D eigenvalue weighted by Gasteiger charge is -2.33. The second-order valence-corrected chi connectivity index (χ2v) is 11.9. The van der Waals surface area contributed by atoms with Crippen molar-refractivity contribution in [1.82, 2.24) is 20.9 Å². The molecule has 11 heteroatoms. The van der Waals surface area contributed by atoms with Crippen LogP contribution in [-0.4, -0.2) is 58.3 Å². The molecular weight excluding hydrogens is 584 g/mol. The monoisotopic (exact) mass is 618 g/mol. The highest BCUT2D eigenvalue weighted by atomic mass is 35.5. The van der Waals surface area contributed by atoms with Gasteiger partial charge in [-0.3, -0.25) is 19.2 Å². The van der Waals surface area contributed by atoms with E-state index in [0.29, 0.717) is 36.0 Å². The number of nitrogens with one attached hydrogen (secondary N) is 3. The number of carbonyl (C=O) groups is 4. The predicted molar refractivity (Wildman–Crippen MR) is 165 cm³/mol. The second kappa shape index (κ2) is 13.0. The van der Waals surface area contributed by atoms with E-state index in [0.717, 1.165) is 16.7 Å². The third-order valence-electron chi connectivity index (χ3n) is 7.93. The Morgan fingerprint density at radius 2 is 1.70 bits per heavy atom. The molecule has 3 aromatic rings. The fourth-order valence-corrected chi connectivity index (χ4v) is 5.71. The highest BCUT2D eigenvalue weighted by Gasteiger charge is 2.32. The van der Waals surface area contributed by atoms with Crippen molar-refractivity contribution in [2.45, 2.75) is 58.3 Å². The first kappa shape index (κ1) is 30.9. The number of phenols is 1. The molecule has 3 aromatic carbocycles. The molecule has 3 aliphatic rings. The number of amides is 4. The van der Waals surface area contributed by atoms with Gasteiger partial charge in [0.05, 0.1) is 5.56 Å². The average molecular weight is 619 g/mol. The maximum absolute atomic E-state index is 13.9. The molecule has 3 heterocycles. The Morgan fingerprint density at radius 3 is 2.43 bits per heavy atom. The van der Waals surface area contributed by atoms with Gasteiger partial charge >= 0.3 is 0 Å². The zero-order chi connectivity index (χ0) is 31.5. The fourth-order valence-electron chi connectivity index (χ4n) is 5.42. The molecule has 6 rings (SSSR count). The first-order valence-corrected chi connectivity index (χ1v) is 14.9. The van der Waals surface area contributed by atoms with Gasteiger partial charge in [-0.15, -0.1) is 0 Å². The molecular formula is C33H35ClN4O6. The van der Waals surface area contributed by atoms with Crippen molar-refractivity contribution >= 4 is 35.2 Å². The molecule has 0 saturated carbocycles. The number of carbonyl (C=O) groups excluding carboxylic acids is 4. The van der Waals surface area contributed by atoms with E-state index in [1.54, 1.807) is 43.0 Å². The summed E-state index contributed by atoms with van der Waals surface area (Å²) in [5, 5.41) is 19.2. The molecule has 0 fully saturated rings. The standard InChI is InChI=1S/C33H35ClN4O6/c1-18(2)29-32(42)35-19(3)30(40)36-27(33(43)38-14-13-24-21(17-38)5-4-6-26(24)34)15-20-7-9-22(10-8-20)44-23-11-12-28(39)25(16-23)31(41)37-29/h4-12,16,18-19,27,29,39H,13-15,17H2,1-3H3,(H,35,42)(H,36,40)(H,37,41)/t19-,27-,29-/m0/s1. The Morgan fingerprint density at radius 1 is 0.977 bits per heavy atom. The van der Waals surface area contributed by atoms with Crippen molar-refractivity contribution in [2.24, 2.45) is 5.92 Å². The zero-order valence-corrected chi connectivity index (χ0v) is 25.5. The van der Waals surface area contributed by atoms with Crippen LogP contribution in [-0.2, 0) is 33.8 Å². The van der Waals surface area contributed by atoms with Crippen molar-refractivity contribution in [3.05, 3.63) is 87.9 Å². The van der Waals surface area contributed by atoms with E-state index >= 15 is 0 Å². The number of hydrogen-bond acceptors (Lipinski definition) is 6. The Balaban J connectivity index is 1.46. The van der Waals surface area contributed by atoms with Crippen LogP contribution in [0, 0.1) is 5.92 Å². The number of hydrogen-bond donors (Lipinski definition) is 4. The number of fused-ring (bicyclic) bond motifs is 12. The number of ether oxygens (including phenoxy) is 1. The maximum Gasteiger partial charge on any atom is 0.255 e. The molecule has 0 spiro atoms. The Hall–Kier alpha value is -4.57. The third kappa shape index (κ3) is 6.81. The van der Waals surface area contributed by atoms with Crippen LogP contribution in [0.2, 0.25) is 5.02 Å². The summed E-state index contributed by atoms with van der Waals surface area (Å²) in [4.78, 5) is 55.4. The highest BCUT2D eigenvalue weighted by molar-refractivity contribution is 6.31. The van der Waals surface area contributed by atoms with Gasteiger partial charge in [0, 0.05) is 24.5 Å². The van der Waals surface area contributed by atoms with E-state index in [9.17, 15) is 24.3 Å². The van der Waals surface area contributed by atoms with Crippen molar-refractivity contribution in [3.63, 3.8) is 0 Å². The lowest BCUT2D eigenvalue weighted by Crippen LogP contribution is -2.57. The molecule has 3 atom stereocenters. The minimum absolute atomic E-state index is 0.0616. The van der Waals surface area contributed by atoms with Gasteiger partial charge in [0.15, 0.2) is 0 Å². The van der Waals surface area contributed by atoms with Gasteiger partial charge in [0.1, 0.15) is 35.4 Å². The number of phenolic OH excluding ortho intramolecular Hbond substituents is 1. The van der Waals surface area contributed by atoms with E-state index in [1.807, 2.05) is 18.2 Å². The largest absolute Gasteiger partial charge is 0.507 e. The normalized spacial score (nSPS) is 20.9. The predicted octanol–water partition coefficient (Wildman–Crippen LogP) is 3.72. The molecule has 10 nitrogen and oxygen atoms in total. The van der Waals surface area contributed by atoms with Crippen molar-refractivity contribution in [2.75, 3.05) is 6.54 Å². The van der Waals surface area contributed by atoms with Crippen LogP contribution in [0.3, 0.4) is 0 Å². The van der Waals surface area contributed by atoms with E-state index in [4.69, 9.17) is 16.3 Å². The molecule has 4 amide bonds. The summed E-state index contributed by atoms with van der Waals surface area (Å²) in [6.45, 7) is 5.84. The smallest absolute Gasteiger partial charge is 0.255 e. The molecule has 0 aromatic heterocycles. The van der Waals surface area contributed by atoms with Gasteiger partial charge in [-0.25, -0.2) is 0 Å². The van der Waals surface area contributed by atoms with Crippen LogP contribution in [0.5, 0.6) is 17.2 Å². The number of benzene rings is 3. The van der Waals surface area contributed by atoms with E-state index in [2.05, 4.69) is 16.0 Å². The van der Waals surface area contributed by atoms with Gasteiger partial charge in [0.2, 0.25) is 17.7 Å². The summed E-state index contributed by atoms with van der Waals surface area (Å²) >= 11 is 6.38. The molecule has 230 valence electrons. The van der Waals surface area contributed by atoms with Gasteiger partial charge in [0.25, 0.3) is 5.91 Å². The Kier molecular flexibility index (Phi) is 9.10. The van der Waals surface area contributed by atoms with E-state index in [1.165, 1.54) is 25.1 Å². The third-order valence-corrected chi connectivity index (χ3v) is 8.29. The molecule has 44 heavy (non-hydrogen) atoms. The van der Waals surface area contributed by atoms with Gasteiger partial charge < -0.3 is 30.7 Å². The topological polar surface area (TPSA) is 137 Å². The molecule has 0 saturated heterocycles. The van der Waals surface area contributed by atoms with E-state index < -0.39 is 35.8 Å². The summed E-state index contributed by atoms with van der Waals surface area (Å²) in [6, 6.07) is 14.0. The molecule has 0 unspecified atom stereocenters. The Labute approximate surface area is 260 Å². The van der Waals surface area contributed by atoms with Crippen LogP contribution in [0.15, 0.2) is 60.7 Å². The SMILES string of the molecule is CC(C)[C@@H]1NC(=O)c2cc(ccc2O)Oc2ccc(cc2)C[C@@H](C(=O)N2CCc3c(Cl)cccc3C2)NC(=O)[C@H](C)NC1=O. The molecule has 3 aliphatic heterocycles. The lowest BCUT2D eigenvalue weighted by molar-refractivity contribution is -0.138. The fraction of sp³-hybridized carbons (Fsp3) is 0.333. The lowest BCUT2D eigenvalue weighted by atomic mass is 9.97. The first-order chi connectivity index (χ1) is 21.0. The van der Waals surface area contributed by atoms with Crippen molar-refractivity contribution < 1.29 is 29.0 Å². The first-order valence-electron chi connectivity index (χ1n) is 14.6. The summed E-state index contributed by atoms with van der Waals surface area (Å²) in [5.41, 5.74) is 2.70. The number of nitrogens with zero attached hydrogens (tertiary/aromatic N) is 1. The maximum atomic E-state index is 13.9. The highest BCUT2D eigenvalue weighted by Crippen LogP contribution is 2.29. The number of aromatic hydroxyl groups is 1. The zero-order valence-electron chi connectivity index (χ0n) is 24.7. The minimum atomic E-state index is -1.01. The second-order valence-electron chi connectivity index (χ2n) is 11.5. The van der Waals surface area contributed by atoms with Crippen molar-refractivity contribution in [3.8, 4) is 17.2 Å². The van der Waals surface area contributed by atoms with Crippen molar-refractivity contribution in [1.29, 1.82) is 0 Å². The average Bonchev–Trinajstić information content (AvgIpc) is 3.00. The van der Waals surface area contributed by atoms with Crippen LogP contribution >= 0.6 is 11.6 Å². The summed E-state index contributed by atoms with van der Waals surface area (Å²) in [7, 11) is 0. The van der Waals surface area contributed by atoms with Crippen LogP contribution in [0.25, 0.3) is 0 Å². The Bertz CT molecular complexity index is 1590. The van der Waals surface area contributed by atoms with E-state index in [-0.39, 0.29) is 29.6 Å². The summed E-state index contributed by atoms with van der Waals surface area (Å²) in [5.74, 6) is -1.88. The van der Waals surface area contributed by atoms with Crippen LogP contribution in [0.4, 0.5) is 0 Å². The molecule has 0 radical (unpaired) electrons. The number of rotatable bonds is 2. The quantitative estimate of drug-likeness (QED) is 0.323. The molecule has 4 N–H and O–H groups in total. The summed E-state index contributed by atoms with van der Waals surface area (Å²) < 4.78 is 5.93. The molecule has 0 aliphatic carbocycles.